The van der Waals surface area contributed by atoms with E-state index in [1.165, 1.54) is 12.1 Å². The van der Waals surface area contributed by atoms with E-state index in [1.807, 2.05) is 0 Å². The summed E-state index contributed by atoms with van der Waals surface area (Å²) in [7, 11) is 0. The highest BCUT2D eigenvalue weighted by Gasteiger charge is 2.37. The van der Waals surface area contributed by atoms with E-state index in [0.29, 0.717) is 0 Å². The summed E-state index contributed by atoms with van der Waals surface area (Å²) >= 11 is 0. The summed E-state index contributed by atoms with van der Waals surface area (Å²) in [6.07, 6.45) is -7.24. The first-order valence-corrected chi connectivity index (χ1v) is 6.12. The van der Waals surface area contributed by atoms with Crippen LogP contribution in [0.15, 0.2) is 36.7 Å². The average molecular weight is 332 g/mol. The van der Waals surface area contributed by atoms with Gasteiger partial charge in [-0.2, -0.15) is 26.3 Å². The molecule has 0 aliphatic rings. The van der Waals surface area contributed by atoms with Crippen molar-refractivity contribution in [3.63, 3.8) is 0 Å². The van der Waals surface area contributed by atoms with E-state index in [4.69, 9.17) is 0 Å². The van der Waals surface area contributed by atoms with Crippen molar-refractivity contribution in [2.75, 3.05) is 0 Å². The molecule has 0 N–H and O–H groups in total. The molecule has 0 saturated heterocycles. The summed E-state index contributed by atoms with van der Waals surface area (Å²) < 4.78 is 76.5. The van der Waals surface area contributed by atoms with Crippen molar-refractivity contribution in [1.29, 1.82) is 0 Å². The molecule has 0 spiro atoms. The lowest BCUT2D eigenvalue weighted by molar-refractivity contribution is -0.145. The molecule has 0 saturated carbocycles. The van der Waals surface area contributed by atoms with Crippen molar-refractivity contribution in [3.8, 4) is 11.1 Å². The predicted octanol–water partition coefficient (Wildman–Crippen LogP) is 3.83. The molecule has 0 radical (unpaired) electrons. The van der Waals surface area contributed by atoms with Gasteiger partial charge in [0.05, 0.1) is 0 Å². The fraction of sp³-hybridized carbons (Fsp3) is 0.154. The van der Waals surface area contributed by atoms with Crippen LogP contribution in [0, 0.1) is 0 Å². The van der Waals surface area contributed by atoms with Crippen molar-refractivity contribution in [2.45, 2.75) is 12.4 Å². The van der Waals surface area contributed by atoms with Crippen LogP contribution in [0.2, 0.25) is 0 Å². The maximum absolute atomic E-state index is 12.8. The number of hydrogen-bond donors (Lipinski definition) is 0. The summed E-state index contributed by atoms with van der Waals surface area (Å²) in [6, 6.07) is 4.61. The molecule has 0 unspecified atom stereocenters. The molecule has 0 aliphatic carbocycles. The molecular weight excluding hydrogens is 326 g/mol. The molecule has 3 aromatic rings. The Hall–Kier alpha value is -2.65. The Labute approximate surface area is 124 Å². The van der Waals surface area contributed by atoms with Gasteiger partial charge in [0.2, 0.25) is 5.82 Å². The summed E-state index contributed by atoms with van der Waals surface area (Å²) in [5.41, 5.74) is -0.616. The zero-order chi connectivity index (χ0) is 16.8. The van der Waals surface area contributed by atoms with Crippen LogP contribution in [0.4, 0.5) is 26.3 Å². The monoisotopic (exact) mass is 332 g/mol. The molecule has 3 heterocycles. The highest BCUT2D eigenvalue weighted by molar-refractivity contribution is 5.63. The van der Waals surface area contributed by atoms with Crippen LogP contribution in [0.25, 0.3) is 16.8 Å². The largest absolute Gasteiger partial charge is 0.452 e. The molecule has 3 rings (SSSR count). The van der Waals surface area contributed by atoms with E-state index in [2.05, 4.69) is 15.2 Å². The van der Waals surface area contributed by atoms with Crippen molar-refractivity contribution in [1.82, 2.24) is 19.6 Å². The number of pyridine rings is 2. The van der Waals surface area contributed by atoms with Gasteiger partial charge in [0.25, 0.3) is 0 Å². The molecule has 23 heavy (non-hydrogen) atoms. The topological polar surface area (TPSA) is 43.1 Å². The molecule has 120 valence electrons. The second-order valence-electron chi connectivity index (χ2n) is 4.60. The SMILES string of the molecule is FC(F)(F)c1ccc(-c2ccc3nnc(C(F)(F)F)n3c2)cn1. The fourth-order valence-corrected chi connectivity index (χ4v) is 1.99. The zero-order valence-electron chi connectivity index (χ0n) is 11.0. The van der Waals surface area contributed by atoms with E-state index in [9.17, 15) is 26.3 Å². The third-order valence-electron chi connectivity index (χ3n) is 3.04. The van der Waals surface area contributed by atoms with Gasteiger partial charge in [-0.3, -0.25) is 9.38 Å². The average Bonchev–Trinajstić information content (AvgIpc) is 2.89. The second kappa shape index (κ2) is 4.93. The standard InChI is InChI=1S/C13H6F6N4/c14-12(15,16)9-3-1-7(5-20-9)8-2-4-10-21-22-11(13(17,18)19)23(10)6-8/h1-6H. The highest BCUT2D eigenvalue weighted by atomic mass is 19.4. The Morgan fingerprint density at radius 1 is 0.783 bits per heavy atom. The fourth-order valence-electron chi connectivity index (χ4n) is 1.99. The Morgan fingerprint density at radius 2 is 1.48 bits per heavy atom. The van der Waals surface area contributed by atoms with Crippen LogP contribution >= 0.6 is 0 Å². The molecule has 0 amide bonds. The zero-order valence-corrected chi connectivity index (χ0v) is 11.0. The summed E-state index contributed by atoms with van der Waals surface area (Å²) in [6.45, 7) is 0. The van der Waals surface area contributed by atoms with Gasteiger partial charge in [-0.25, -0.2) is 0 Å². The summed E-state index contributed by atoms with van der Waals surface area (Å²) in [5, 5.41) is 6.47. The van der Waals surface area contributed by atoms with Crippen LogP contribution < -0.4 is 0 Å². The summed E-state index contributed by atoms with van der Waals surface area (Å²) in [4.78, 5) is 3.28. The van der Waals surface area contributed by atoms with Crippen molar-refractivity contribution in [2.24, 2.45) is 0 Å². The van der Waals surface area contributed by atoms with Gasteiger partial charge in [0.15, 0.2) is 5.65 Å². The summed E-state index contributed by atoms with van der Waals surface area (Å²) in [5.74, 6) is -1.21. The predicted molar refractivity (Wildman–Crippen MR) is 66.2 cm³/mol. The highest BCUT2D eigenvalue weighted by Crippen LogP contribution is 2.31. The number of rotatable bonds is 1. The van der Waals surface area contributed by atoms with Crippen LogP contribution in [-0.4, -0.2) is 19.6 Å². The smallest absolute Gasteiger partial charge is 0.278 e. The molecule has 4 nitrogen and oxygen atoms in total. The van der Waals surface area contributed by atoms with Gasteiger partial charge >= 0.3 is 12.4 Å². The van der Waals surface area contributed by atoms with Gasteiger partial charge in [0.1, 0.15) is 5.69 Å². The normalized spacial score (nSPS) is 12.8. The van der Waals surface area contributed by atoms with Crippen molar-refractivity contribution in [3.05, 3.63) is 48.2 Å². The number of halogens is 6. The minimum atomic E-state index is -4.70. The third-order valence-corrected chi connectivity index (χ3v) is 3.04. The Kier molecular flexibility index (Phi) is 3.27. The minimum Gasteiger partial charge on any atom is -0.278 e. The molecule has 3 aromatic heterocycles. The minimum absolute atomic E-state index is 0.0269. The van der Waals surface area contributed by atoms with Gasteiger partial charge in [0, 0.05) is 23.5 Å². The number of nitrogens with zero attached hydrogens (tertiary/aromatic N) is 4. The first-order chi connectivity index (χ1) is 10.7. The molecular formula is C13H6F6N4. The molecule has 0 bridgehead atoms. The molecule has 0 fully saturated rings. The lowest BCUT2D eigenvalue weighted by Gasteiger charge is -2.08. The number of alkyl halides is 6. The van der Waals surface area contributed by atoms with Crippen molar-refractivity contribution < 1.29 is 26.3 Å². The molecule has 0 aliphatic heterocycles. The Morgan fingerprint density at radius 3 is 2.04 bits per heavy atom. The van der Waals surface area contributed by atoms with E-state index in [-0.39, 0.29) is 16.8 Å². The van der Waals surface area contributed by atoms with Crippen molar-refractivity contribution >= 4 is 5.65 Å². The maximum Gasteiger partial charge on any atom is 0.452 e. The molecule has 0 atom stereocenters. The lowest BCUT2D eigenvalue weighted by atomic mass is 10.1. The van der Waals surface area contributed by atoms with E-state index >= 15 is 0 Å². The van der Waals surface area contributed by atoms with Crippen LogP contribution in [0.5, 0.6) is 0 Å². The van der Waals surface area contributed by atoms with Crippen LogP contribution in [-0.2, 0) is 12.4 Å². The first kappa shape index (κ1) is 15.3. The van der Waals surface area contributed by atoms with E-state index in [0.717, 1.165) is 28.9 Å². The van der Waals surface area contributed by atoms with Crippen LogP contribution in [0.1, 0.15) is 11.5 Å². The third kappa shape index (κ3) is 2.83. The van der Waals surface area contributed by atoms with Gasteiger partial charge in [-0.15, -0.1) is 10.2 Å². The number of aromatic nitrogens is 4. The second-order valence-corrected chi connectivity index (χ2v) is 4.60. The Balaban J connectivity index is 2.07. The number of hydrogen-bond acceptors (Lipinski definition) is 3. The first-order valence-electron chi connectivity index (χ1n) is 6.12. The molecule has 10 heteroatoms. The number of fused-ring (bicyclic) bond motifs is 1. The molecule has 0 aromatic carbocycles. The van der Waals surface area contributed by atoms with Gasteiger partial charge in [-0.1, -0.05) is 6.07 Å². The van der Waals surface area contributed by atoms with E-state index < -0.39 is 23.9 Å². The maximum atomic E-state index is 12.8. The quantitative estimate of drug-likeness (QED) is 0.636. The van der Waals surface area contributed by atoms with E-state index in [1.54, 1.807) is 0 Å². The van der Waals surface area contributed by atoms with Gasteiger partial charge < -0.3 is 0 Å². The Bertz CT molecular complexity index is 848. The lowest BCUT2D eigenvalue weighted by Crippen LogP contribution is -2.10. The van der Waals surface area contributed by atoms with Gasteiger partial charge in [-0.05, 0) is 18.2 Å². The van der Waals surface area contributed by atoms with Crippen LogP contribution in [0.3, 0.4) is 0 Å².